The zero-order chi connectivity index (χ0) is 17.9. The zero-order valence-corrected chi connectivity index (χ0v) is 13.5. The van der Waals surface area contributed by atoms with Gasteiger partial charge in [-0.15, -0.1) is 0 Å². The summed E-state index contributed by atoms with van der Waals surface area (Å²) in [6.07, 6.45) is 2.30. The third-order valence-electron chi connectivity index (χ3n) is 3.86. The van der Waals surface area contributed by atoms with Crippen molar-refractivity contribution in [2.45, 2.75) is 12.6 Å². The van der Waals surface area contributed by atoms with E-state index in [9.17, 15) is 13.2 Å². The number of hydrogen-bond donors (Lipinski definition) is 0. The third-order valence-corrected chi connectivity index (χ3v) is 3.86. The topological polar surface area (TPSA) is 9.23 Å². The number of methoxy groups -OCH3 is 1. The fourth-order valence-electron chi connectivity index (χ4n) is 2.62. The fraction of sp³-hybridized carbons (Fsp3) is 0.143. The molecule has 0 aliphatic heterocycles. The molecule has 0 amide bonds. The highest BCUT2D eigenvalue weighted by atomic mass is 19.4. The maximum Gasteiger partial charge on any atom is 0.416 e. The highest BCUT2D eigenvalue weighted by Gasteiger charge is 2.29. The molecule has 0 radical (unpaired) electrons. The van der Waals surface area contributed by atoms with Crippen LogP contribution in [0.15, 0.2) is 54.8 Å². The number of hydrogen-bond acceptors (Lipinski definition) is 1. The summed E-state index contributed by atoms with van der Waals surface area (Å²) >= 11 is 0. The van der Waals surface area contributed by atoms with E-state index >= 15 is 0 Å². The highest BCUT2D eigenvalue weighted by molar-refractivity contribution is 5.79. The summed E-state index contributed by atoms with van der Waals surface area (Å²) in [6.45, 7) is 0. The lowest BCUT2D eigenvalue weighted by Gasteiger charge is -2.14. The second-order valence-corrected chi connectivity index (χ2v) is 5.61. The van der Waals surface area contributed by atoms with Crippen LogP contribution >= 0.6 is 0 Å². The van der Waals surface area contributed by atoms with Crippen molar-refractivity contribution in [3.8, 4) is 11.8 Å². The minimum atomic E-state index is -4.33. The summed E-state index contributed by atoms with van der Waals surface area (Å²) < 4.78 is 42.8. The van der Waals surface area contributed by atoms with Gasteiger partial charge < -0.3 is 4.74 Å². The number of halogens is 3. The monoisotopic (exact) mass is 340 g/mol. The summed E-state index contributed by atoms with van der Waals surface area (Å²) in [5, 5.41) is 0. The minimum absolute atomic E-state index is 0.540. The quantitative estimate of drug-likeness (QED) is 0.491. The second-order valence-electron chi connectivity index (χ2n) is 5.61. The maximum absolute atomic E-state index is 12.6. The van der Waals surface area contributed by atoms with E-state index in [0.717, 1.165) is 40.8 Å². The molecular weight excluding hydrogens is 325 g/mol. The highest BCUT2D eigenvalue weighted by Crippen LogP contribution is 2.30. The molecule has 126 valence electrons. The molecule has 1 nitrogen and oxygen atoms in total. The normalized spacial score (nSPS) is 14.6. The van der Waals surface area contributed by atoms with Gasteiger partial charge in [0.25, 0.3) is 0 Å². The predicted octanol–water partition coefficient (Wildman–Crippen LogP) is 5.51. The number of rotatable bonds is 1. The predicted molar refractivity (Wildman–Crippen MR) is 92.5 cm³/mol. The van der Waals surface area contributed by atoms with Crippen LogP contribution in [0.1, 0.15) is 34.2 Å². The van der Waals surface area contributed by atoms with E-state index in [1.807, 2.05) is 18.2 Å². The van der Waals surface area contributed by atoms with Gasteiger partial charge in [-0.2, -0.15) is 13.2 Å². The van der Waals surface area contributed by atoms with Crippen molar-refractivity contribution >= 4 is 11.6 Å². The molecule has 0 spiro atoms. The number of benzene rings is 2. The summed E-state index contributed by atoms with van der Waals surface area (Å²) in [5.74, 6) is 5.92. The van der Waals surface area contributed by atoms with Gasteiger partial charge in [0, 0.05) is 11.1 Å². The van der Waals surface area contributed by atoms with Crippen LogP contribution < -0.4 is 0 Å². The van der Waals surface area contributed by atoms with Gasteiger partial charge in [-0.25, -0.2) is 0 Å². The molecule has 0 unspecified atom stereocenters. The van der Waals surface area contributed by atoms with Crippen molar-refractivity contribution in [1.29, 1.82) is 0 Å². The molecule has 1 aliphatic carbocycles. The van der Waals surface area contributed by atoms with Crippen molar-refractivity contribution < 1.29 is 17.9 Å². The van der Waals surface area contributed by atoms with Crippen LogP contribution in [0.25, 0.3) is 11.6 Å². The van der Waals surface area contributed by atoms with Crippen LogP contribution in [0, 0.1) is 11.8 Å². The first-order valence-electron chi connectivity index (χ1n) is 7.69. The van der Waals surface area contributed by atoms with Gasteiger partial charge >= 0.3 is 6.18 Å². The van der Waals surface area contributed by atoms with E-state index in [-0.39, 0.29) is 0 Å². The smallest absolute Gasteiger partial charge is 0.416 e. The largest absolute Gasteiger partial charge is 0.504 e. The van der Waals surface area contributed by atoms with Gasteiger partial charge in [-0.1, -0.05) is 30.1 Å². The first kappa shape index (κ1) is 16.9. The van der Waals surface area contributed by atoms with Crippen LogP contribution in [-0.2, 0) is 10.9 Å². The molecule has 25 heavy (non-hydrogen) atoms. The number of ether oxygens (including phenoxy) is 1. The van der Waals surface area contributed by atoms with Crippen molar-refractivity contribution in [3.05, 3.63) is 82.6 Å². The molecule has 4 heteroatoms. The molecule has 0 fully saturated rings. The van der Waals surface area contributed by atoms with Crippen LogP contribution in [0.3, 0.4) is 0 Å². The SMILES string of the molecule is COC=C1CC=Cc2ccc(C#Cc3ccc(C(F)(F)F)cc3)cc21. The molecule has 0 aromatic heterocycles. The third kappa shape index (κ3) is 3.95. The molecule has 2 aromatic rings. The van der Waals surface area contributed by atoms with Crippen molar-refractivity contribution in [2.75, 3.05) is 7.11 Å². The standard InChI is InChI=1S/C21H15F3O/c1-25-14-18-4-2-3-17-10-7-16(13-20(17)18)6-5-15-8-11-19(12-9-15)21(22,23)24/h2-3,7-14H,4H2,1H3. The average Bonchev–Trinajstić information content (AvgIpc) is 2.60. The van der Waals surface area contributed by atoms with Crippen LogP contribution in [0.2, 0.25) is 0 Å². The van der Waals surface area contributed by atoms with Crippen molar-refractivity contribution in [2.24, 2.45) is 0 Å². The Hall–Kier alpha value is -2.93. The van der Waals surface area contributed by atoms with Crippen LogP contribution in [0.4, 0.5) is 13.2 Å². The molecule has 3 rings (SSSR count). The Morgan fingerprint density at radius 2 is 1.68 bits per heavy atom. The average molecular weight is 340 g/mol. The molecule has 0 N–H and O–H groups in total. The lowest BCUT2D eigenvalue weighted by Crippen LogP contribution is -2.04. The number of allylic oxidation sites excluding steroid dienone is 2. The first-order valence-corrected chi connectivity index (χ1v) is 7.69. The molecule has 0 bridgehead atoms. The maximum atomic E-state index is 12.6. The van der Waals surface area contributed by atoms with Gasteiger partial charge in [-0.05, 0) is 59.5 Å². The van der Waals surface area contributed by atoms with E-state index < -0.39 is 11.7 Å². The summed E-state index contributed by atoms with van der Waals surface area (Å²) in [7, 11) is 1.61. The molecule has 1 aliphatic rings. The lowest BCUT2D eigenvalue weighted by atomic mass is 9.91. The molecular formula is C21H15F3O. The first-order chi connectivity index (χ1) is 12.0. The van der Waals surface area contributed by atoms with Gasteiger partial charge in [-0.3, -0.25) is 0 Å². The lowest BCUT2D eigenvalue weighted by molar-refractivity contribution is -0.137. The molecule has 0 saturated carbocycles. The van der Waals surface area contributed by atoms with Crippen LogP contribution in [0.5, 0.6) is 0 Å². The Balaban J connectivity index is 1.88. The molecule has 0 atom stereocenters. The Labute approximate surface area is 144 Å². The Morgan fingerprint density at radius 1 is 1.00 bits per heavy atom. The minimum Gasteiger partial charge on any atom is -0.504 e. The Kier molecular flexibility index (Phi) is 4.67. The summed E-state index contributed by atoms with van der Waals surface area (Å²) in [5.41, 5.74) is 3.89. The fourth-order valence-corrected chi connectivity index (χ4v) is 2.62. The van der Waals surface area contributed by atoms with E-state index in [4.69, 9.17) is 4.74 Å². The number of fused-ring (bicyclic) bond motifs is 1. The Bertz CT molecular complexity index is 891. The van der Waals surface area contributed by atoms with Crippen molar-refractivity contribution in [3.63, 3.8) is 0 Å². The van der Waals surface area contributed by atoms with Gasteiger partial charge in [0.2, 0.25) is 0 Å². The van der Waals surface area contributed by atoms with E-state index in [2.05, 4.69) is 24.0 Å². The zero-order valence-electron chi connectivity index (χ0n) is 13.5. The Morgan fingerprint density at radius 3 is 2.36 bits per heavy atom. The van der Waals surface area contributed by atoms with Gasteiger partial charge in [0.1, 0.15) is 0 Å². The molecule has 0 saturated heterocycles. The van der Waals surface area contributed by atoms with Gasteiger partial charge in [0.15, 0.2) is 0 Å². The van der Waals surface area contributed by atoms with Gasteiger partial charge in [0.05, 0.1) is 18.9 Å². The summed E-state index contributed by atoms with van der Waals surface area (Å²) in [4.78, 5) is 0. The molecule has 2 aromatic carbocycles. The van der Waals surface area contributed by atoms with E-state index in [1.54, 1.807) is 13.4 Å². The molecule has 0 heterocycles. The second kappa shape index (κ2) is 6.90. The van der Waals surface area contributed by atoms with Crippen LogP contribution in [-0.4, -0.2) is 7.11 Å². The van der Waals surface area contributed by atoms with E-state index in [0.29, 0.717) is 5.56 Å². The van der Waals surface area contributed by atoms with E-state index in [1.165, 1.54) is 12.1 Å². The van der Waals surface area contributed by atoms with Crippen molar-refractivity contribution in [1.82, 2.24) is 0 Å². The summed E-state index contributed by atoms with van der Waals surface area (Å²) in [6, 6.07) is 10.7. The number of alkyl halides is 3.